The summed E-state index contributed by atoms with van der Waals surface area (Å²) in [4.78, 5) is 0. The first-order chi connectivity index (χ1) is 10.9. The molecule has 0 rings (SSSR count). The molecule has 0 bridgehead atoms. The third-order valence-corrected chi connectivity index (χ3v) is 10.6. The van der Waals surface area contributed by atoms with Gasteiger partial charge >= 0.3 is 0 Å². The molecule has 0 radical (unpaired) electrons. The summed E-state index contributed by atoms with van der Waals surface area (Å²) in [5.41, 5.74) is 0. The van der Waals surface area contributed by atoms with Crippen molar-refractivity contribution < 1.29 is 0 Å². The lowest BCUT2D eigenvalue weighted by Gasteiger charge is -2.46. The Balaban J connectivity index is 3.80. The van der Waals surface area contributed by atoms with E-state index in [4.69, 9.17) is 0 Å². The molecular weight excluding hydrogens is 298 g/mol. The first kappa shape index (κ1) is 23.1. The van der Waals surface area contributed by atoms with Gasteiger partial charge in [-0.25, -0.2) is 0 Å². The van der Waals surface area contributed by atoms with Crippen molar-refractivity contribution in [3.63, 3.8) is 0 Å². The highest BCUT2D eigenvalue weighted by Crippen LogP contribution is 2.22. The molecule has 0 saturated carbocycles. The van der Waals surface area contributed by atoms with Gasteiger partial charge in [0.05, 0.1) is 0 Å². The van der Waals surface area contributed by atoms with E-state index >= 15 is 0 Å². The highest BCUT2D eigenvalue weighted by molar-refractivity contribution is 6.71. The van der Waals surface area contributed by atoms with Crippen LogP contribution in [0.3, 0.4) is 0 Å². The summed E-state index contributed by atoms with van der Waals surface area (Å²) in [5.74, 6) is 0. The largest absolute Gasteiger partial charge is 0.305 e. The van der Waals surface area contributed by atoms with Gasteiger partial charge in [0.15, 0.2) is 0 Å². The molecule has 4 heteroatoms. The first-order valence-electron chi connectivity index (χ1n) is 9.91. The van der Waals surface area contributed by atoms with Crippen molar-refractivity contribution in [2.24, 2.45) is 0 Å². The molecule has 0 heterocycles. The number of unbranched alkanes of at least 4 members (excludes halogenated alkanes) is 10. The second-order valence-corrected chi connectivity index (χ2v) is 12.5. The molecule has 0 saturated heterocycles. The van der Waals surface area contributed by atoms with Crippen LogP contribution in [0.25, 0.3) is 0 Å². The molecule has 0 fully saturated rings. The molecule has 0 N–H and O–H groups in total. The maximum Gasteiger partial charge on any atom is 0.288 e. The van der Waals surface area contributed by atoms with Gasteiger partial charge in [0.1, 0.15) is 0 Å². The van der Waals surface area contributed by atoms with Crippen molar-refractivity contribution in [2.45, 2.75) is 83.6 Å². The van der Waals surface area contributed by atoms with Crippen molar-refractivity contribution in [2.75, 3.05) is 42.3 Å². The average molecular weight is 344 g/mol. The monoisotopic (exact) mass is 343 g/mol. The van der Waals surface area contributed by atoms with Crippen molar-refractivity contribution >= 4 is 8.56 Å². The van der Waals surface area contributed by atoms with E-state index in [9.17, 15) is 0 Å². The lowest BCUT2D eigenvalue weighted by atomic mass is 10.1. The van der Waals surface area contributed by atoms with Crippen LogP contribution in [-0.4, -0.2) is 64.5 Å². The average Bonchev–Trinajstić information content (AvgIpc) is 2.47. The topological polar surface area (TPSA) is 9.72 Å². The van der Waals surface area contributed by atoms with Crippen LogP contribution in [0.4, 0.5) is 0 Å². The van der Waals surface area contributed by atoms with Gasteiger partial charge in [-0.3, -0.25) is 0 Å². The van der Waals surface area contributed by atoms with E-state index in [0.29, 0.717) is 0 Å². The van der Waals surface area contributed by atoms with Gasteiger partial charge in [-0.1, -0.05) is 77.6 Å². The van der Waals surface area contributed by atoms with Crippen LogP contribution in [0.5, 0.6) is 0 Å². The molecule has 3 nitrogen and oxygen atoms in total. The Hall–Kier alpha value is 0.0969. The maximum absolute atomic E-state index is 2.49. The molecule has 0 unspecified atom stereocenters. The third kappa shape index (κ3) is 8.66. The summed E-state index contributed by atoms with van der Waals surface area (Å²) >= 11 is 0. The van der Waals surface area contributed by atoms with Crippen LogP contribution in [0.1, 0.15) is 77.6 Å². The Bertz CT molecular complexity index is 246. The lowest BCUT2D eigenvalue weighted by molar-refractivity contribution is 0.372. The summed E-state index contributed by atoms with van der Waals surface area (Å²) in [6, 6.07) is 1.34. The summed E-state index contributed by atoms with van der Waals surface area (Å²) in [5, 5.41) is 0. The van der Waals surface area contributed by atoms with Crippen LogP contribution in [0.15, 0.2) is 0 Å². The van der Waals surface area contributed by atoms with Crippen LogP contribution in [0.2, 0.25) is 6.04 Å². The smallest absolute Gasteiger partial charge is 0.288 e. The minimum absolute atomic E-state index is 1.34. The molecule has 0 aliphatic carbocycles. The quantitative estimate of drug-likeness (QED) is 0.309. The molecule has 0 aliphatic rings. The highest BCUT2D eigenvalue weighted by atomic mass is 28.4. The summed E-state index contributed by atoms with van der Waals surface area (Å²) in [6.07, 6.45) is 15.7. The molecular formula is C19H45N3Si. The number of rotatable bonds is 15. The van der Waals surface area contributed by atoms with Crippen molar-refractivity contribution in [1.82, 2.24) is 13.7 Å². The van der Waals surface area contributed by atoms with Gasteiger partial charge in [0.2, 0.25) is 0 Å². The fourth-order valence-electron chi connectivity index (χ4n) is 3.90. The molecule has 0 aromatic carbocycles. The number of hydrogen-bond acceptors (Lipinski definition) is 3. The minimum Gasteiger partial charge on any atom is -0.305 e. The van der Waals surface area contributed by atoms with Crippen LogP contribution < -0.4 is 0 Å². The maximum atomic E-state index is 2.49. The molecule has 0 aromatic rings. The molecule has 140 valence electrons. The van der Waals surface area contributed by atoms with Gasteiger partial charge in [-0.15, -0.1) is 0 Å². The Morgan fingerprint density at radius 1 is 0.478 bits per heavy atom. The molecule has 0 spiro atoms. The van der Waals surface area contributed by atoms with Crippen molar-refractivity contribution in [3.8, 4) is 0 Å². The second-order valence-electron chi connectivity index (χ2n) is 7.74. The van der Waals surface area contributed by atoms with E-state index < -0.39 is 8.56 Å². The van der Waals surface area contributed by atoms with Gasteiger partial charge < -0.3 is 13.7 Å². The number of hydrogen-bond donors (Lipinski definition) is 0. The predicted octanol–water partition coefficient (Wildman–Crippen LogP) is 4.92. The molecule has 0 atom stereocenters. The number of nitrogens with zero attached hydrogens (tertiary/aromatic N) is 3. The van der Waals surface area contributed by atoms with E-state index in [1.165, 1.54) is 76.7 Å². The zero-order valence-electron chi connectivity index (χ0n) is 17.3. The highest BCUT2D eigenvalue weighted by Gasteiger charge is 2.41. The van der Waals surface area contributed by atoms with Crippen LogP contribution >= 0.6 is 0 Å². The third-order valence-electron chi connectivity index (χ3n) is 5.26. The lowest BCUT2D eigenvalue weighted by Crippen LogP contribution is -2.69. The van der Waals surface area contributed by atoms with E-state index in [1.54, 1.807) is 0 Å². The zero-order valence-corrected chi connectivity index (χ0v) is 18.3. The Morgan fingerprint density at radius 2 is 0.783 bits per heavy atom. The van der Waals surface area contributed by atoms with Crippen LogP contribution in [0, 0.1) is 0 Å². The van der Waals surface area contributed by atoms with Crippen molar-refractivity contribution in [1.29, 1.82) is 0 Å². The molecule has 0 amide bonds. The van der Waals surface area contributed by atoms with Gasteiger partial charge in [-0.05, 0) is 48.3 Å². The fraction of sp³-hybridized carbons (Fsp3) is 1.00. The van der Waals surface area contributed by atoms with Gasteiger partial charge in [0, 0.05) is 0 Å². The predicted molar refractivity (Wildman–Crippen MR) is 108 cm³/mol. The Morgan fingerprint density at radius 3 is 1.09 bits per heavy atom. The molecule has 23 heavy (non-hydrogen) atoms. The minimum atomic E-state index is -1.62. The SMILES string of the molecule is CCCCCCCCCCCCC[Si](N(C)C)(N(C)C)N(C)C. The standard InChI is InChI=1S/C19H45N3Si/c1-8-9-10-11-12-13-14-15-16-17-18-19-23(20(2)3,21(4)5)22(6)7/h8-19H2,1-7H3. The summed E-state index contributed by atoms with van der Waals surface area (Å²) in [6.45, 7) is 2.29. The fourth-order valence-corrected chi connectivity index (χ4v) is 8.36. The first-order valence-corrected chi connectivity index (χ1v) is 12.0. The molecule has 0 aromatic heterocycles. The Kier molecular flexibility index (Phi) is 13.5. The Labute approximate surface area is 148 Å². The van der Waals surface area contributed by atoms with Crippen molar-refractivity contribution in [3.05, 3.63) is 0 Å². The van der Waals surface area contributed by atoms with Gasteiger partial charge in [0.25, 0.3) is 8.56 Å². The summed E-state index contributed by atoms with van der Waals surface area (Å²) in [7, 11) is 11.9. The second kappa shape index (κ2) is 13.4. The zero-order chi connectivity index (χ0) is 17.7. The normalized spacial score (nSPS) is 12.8. The van der Waals surface area contributed by atoms with E-state index in [2.05, 4.69) is 62.9 Å². The summed E-state index contributed by atoms with van der Waals surface area (Å²) < 4.78 is 7.47. The molecule has 0 aliphatic heterocycles. The van der Waals surface area contributed by atoms with E-state index in [-0.39, 0.29) is 0 Å². The van der Waals surface area contributed by atoms with E-state index in [1.807, 2.05) is 0 Å². The van der Waals surface area contributed by atoms with Crippen LogP contribution in [-0.2, 0) is 0 Å². The van der Waals surface area contributed by atoms with E-state index in [0.717, 1.165) is 0 Å². The van der Waals surface area contributed by atoms with Gasteiger partial charge in [-0.2, -0.15) is 0 Å².